The summed E-state index contributed by atoms with van der Waals surface area (Å²) in [5.41, 5.74) is 3.48. The number of benzene rings is 3. The zero-order chi connectivity index (χ0) is 20.6. The van der Waals surface area contributed by atoms with Crippen LogP contribution in [0.3, 0.4) is 0 Å². The van der Waals surface area contributed by atoms with Gasteiger partial charge in [0.25, 0.3) is 0 Å². The number of nitrogens with one attached hydrogen (secondary N) is 2. The number of halogens is 1. The predicted octanol–water partition coefficient (Wildman–Crippen LogP) is 5.56. The van der Waals surface area contributed by atoms with Crippen molar-refractivity contribution < 1.29 is 9.59 Å². The molecule has 6 heteroatoms. The quantitative estimate of drug-likeness (QED) is 0.488. The molecule has 29 heavy (non-hydrogen) atoms. The van der Waals surface area contributed by atoms with Crippen molar-refractivity contribution in [3.63, 3.8) is 0 Å². The molecule has 0 spiro atoms. The molecule has 0 aliphatic carbocycles. The van der Waals surface area contributed by atoms with Gasteiger partial charge in [-0.15, -0.1) is 11.8 Å². The Kier molecular flexibility index (Phi) is 7.33. The van der Waals surface area contributed by atoms with E-state index in [1.807, 2.05) is 67.6 Å². The standard InChI is InChI=1S/C23H21ClN2O2S/c1-16-4-2-5-19(12-16)26-23(28)15-29-21-7-3-6-20(14-21)25-22(27)13-17-8-10-18(24)11-9-17/h2-12,14H,13,15H2,1H3,(H,25,27)(H,26,28). The van der Waals surface area contributed by atoms with Crippen LogP contribution in [0.2, 0.25) is 5.02 Å². The fourth-order valence-corrected chi connectivity index (χ4v) is 3.61. The second kappa shape index (κ2) is 10.1. The first-order valence-corrected chi connectivity index (χ1v) is 10.5. The van der Waals surface area contributed by atoms with E-state index in [-0.39, 0.29) is 24.0 Å². The number of aryl methyl sites for hydroxylation is 1. The van der Waals surface area contributed by atoms with Crippen LogP contribution in [0.1, 0.15) is 11.1 Å². The molecule has 0 saturated carbocycles. The van der Waals surface area contributed by atoms with E-state index in [4.69, 9.17) is 11.6 Å². The third kappa shape index (κ3) is 6.97. The summed E-state index contributed by atoms with van der Waals surface area (Å²) in [6.07, 6.45) is 0.271. The molecule has 0 unspecified atom stereocenters. The van der Waals surface area contributed by atoms with E-state index in [0.717, 1.165) is 21.7 Å². The summed E-state index contributed by atoms with van der Waals surface area (Å²) < 4.78 is 0. The Morgan fingerprint density at radius 3 is 2.24 bits per heavy atom. The summed E-state index contributed by atoms with van der Waals surface area (Å²) in [6.45, 7) is 1.98. The average Bonchev–Trinajstić information content (AvgIpc) is 2.68. The van der Waals surface area contributed by atoms with E-state index >= 15 is 0 Å². The lowest BCUT2D eigenvalue weighted by atomic mass is 10.1. The minimum Gasteiger partial charge on any atom is -0.326 e. The van der Waals surface area contributed by atoms with Gasteiger partial charge >= 0.3 is 0 Å². The maximum atomic E-state index is 12.3. The van der Waals surface area contributed by atoms with Gasteiger partial charge in [-0.05, 0) is 60.5 Å². The Morgan fingerprint density at radius 2 is 1.52 bits per heavy atom. The molecule has 0 saturated heterocycles. The Hall–Kier alpha value is -2.76. The molecule has 2 N–H and O–H groups in total. The molecule has 4 nitrogen and oxygen atoms in total. The number of anilines is 2. The van der Waals surface area contributed by atoms with Crippen molar-refractivity contribution in [2.75, 3.05) is 16.4 Å². The van der Waals surface area contributed by atoms with Crippen LogP contribution in [0.5, 0.6) is 0 Å². The summed E-state index contributed by atoms with van der Waals surface area (Å²) in [5, 5.41) is 6.43. The zero-order valence-electron chi connectivity index (χ0n) is 15.9. The van der Waals surface area contributed by atoms with Crippen molar-refractivity contribution >= 4 is 46.6 Å². The number of rotatable bonds is 7. The highest BCUT2D eigenvalue weighted by atomic mass is 35.5. The number of hydrogen-bond donors (Lipinski definition) is 2. The van der Waals surface area contributed by atoms with E-state index in [1.54, 1.807) is 12.1 Å². The monoisotopic (exact) mass is 424 g/mol. The Morgan fingerprint density at radius 1 is 0.862 bits per heavy atom. The lowest BCUT2D eigenvalue weighted by molar-refractivity contribution is -0.115. The topological polar surface area (TPSA) is 58.2 Å². The van der Waals surface area contributed by atoms with Gasteiger partial charge in [0.15, 0.2) is 0 Å². The molecule has 3 rings (SSSR count). The van der Waals surface area contributed by atoms with E-state index < -0.39 is 0 Å². The molecule has 0 radical (unpaired) electrons. The summed E-state index contributed by atoms with van der Waals surface area (Å²) in [4.78, 5) is 25.3. The molecule has 0 aliphatic rings. The highest BCUT2D eigenvalue weighted by Gasteiger charge is 2.07. The van der Waals surface area contributed by atoms with Crippen molar-refractivity contribution in [1.29, 1.82) is 0 Å². The van der Waals surface area contributed by atoms with Gasteiger partial charge < -0.3 is 10.6 Å². The summed E-state index contributed by atoms with van der Waals surface area (Å²) in [5.74, 6) is 0.111. The van der Waals surface area contributed by atoms with Crippen LogP contribution in [0.4, 0.5) is 11.4 Å². The molecular formula is C23H21ClN2O2S. The average molecular weight is 425 g/mol. The highest BCUT2D eigenvalue weighted by Crippen LogP contribution is 2.22. The summed E-state index contributed by atoms with van der Waals surface area (Å²) in [6, 6.07) is 22.4. The van der Waals surface area contributed by atoms with Crippen LogP contribution in [-0.2, 0) is 16.0 Å². The van der Waals surface area contributed by atoms with Gasteiger partial charge in [-0.3, -0.25) is 9.59 Å². The van der Waals surface area contributed by atoms with Gasteiger partial charge in [-0.25, -0.2) is 0 Å². The third-order valence-electron chi connectivity index (χ3n) is 4.07. The molecule has 0 atom stereocenters. The van der Waals surface area contributed by atoms with Crippen LogP contribution >= 0.6 is 23.4 Å². The van der Waals surface area contributed by atoms with Crippen LogP contribution in [-0.4, -0.2) is 17.6 Å². The van der Waals surface area contributed by atoms with Crippen molar-refractivity contribution in [3.8, 4) is 0 Å². The summed E-state index contributed by atoms with van der Waals surface area (Å²) >= 11 is 7.29. The smallest absolute Gasteiger partial charge is 0.234 e. The van der Waals surface area contributed by atoms with Crippen molar-refractivity contribution in [1.82, 2.24) is 0 Å². The molecule has 0 aromatic heterocycles. The van der Waals surface area contributed by atoms with Crippen molar-refractivity contribution in [2.45, 2.75) is 18.2 Å². The SMILES string of the molecule is Cc1cccc(NC(=O)CSc2cccc(NC(=O)Cc3ccc(Cl)cc3)c2)c1. The maximum absolute atomic E-state index is 12.3. The second-order valence-electron chi connectivity index (χ2n) is 6.59. The Bertz CT molecular complexity index is 1010. The van der Waals surface area contributed by atoms with Gasteiger partial charge in [0, 0.05) is 21.3 Å². The fraction of sp³-hybridized carbons (Fsp3) is 0.130. The Balaban J connectivity index is 1.51. The van der Waals surface area contributed by atoms with Crippen LogP contribution in [0.25, 0.3) is 0 Å². The van der Waals surface area contributed by atoms with Gasteiger partial charge in [0.2, 0.25) is 11.8 Å². The van der Waals surface area contributed by atoms with E-state index in [1.165, 1.54) is 11.8 Å². The van der Waals surface area contributed by atoms with Crippen LogP contribution < -0.4 is 10.6 Å². The van der Waals surface area contributed by atoms with Crippen molar-refractivity contribution in [2.24, 2.45) is 0 Å². The molecule has 3 aromatic carbocycles. The van der Waals surface area contributed by atoms with Gasteiger partial charge in [-0.1, -0.05) is 41.9 Å². The number of amides is 2. The molecule has 148 valence electrons. The van der Waals surface area contributed by atoms with Gasteiger partial charge in [0.05, 0.1) is 12.2 Å². The second-order valence-corrected chi connectivity index (χ2v) is 8.07. The van der Waals surface area contributed by atoms with Crippen LogP contribution in [0.15, 0.2) is 77.7 Å². The third-order valence-corrected chi connectivity index (χ3v) is 5.31. The van der Waals surface area contributed by atoms with Gasteiger partial charge in [-0.2, -0.15) is 0 Å². The fourth-order valence-electron chi connectivity index (χ4n) is 2.73. The van der Waals surface area contributed by atoms with Gasteiger partial charge in [0.1, 0.15) is 0 Å². The molecule has 0 fully saturated rings. The predicted molar refractivity (Wildman–Crippen MR) is 121 cm³/mol. The van der Waals surface area contributed by atoms with Crippen LogP contribution in [0, 0.1) is 6.92 Å². The number of carbonyl (C=O) groups excluding carboxylic acids is 2. The van der Waals surface area contributed by atoms with E-state index in [2.05, 4.69) is 10.6 Å². The number of thioether (sulfide) groups is 1. The maximum Gasteiger partial charge on any atom is 0.234 e. The first kappa shape index (κ1) is 21.0. The Labute approximate surface area is 179 Å². The molecule has 3 aromatic rings. The highest BCUT2D eigenvalue weighted by molar-refractivity contribution is 8.00. The first-order valence-electron chi connectivity index (χ1n) is 9.11. The van der Waals surface area contributed by atoms with E-state index in [9.17, 15) is 9.59 Å². The molecule has 0 aliphatic heterocycles. The molecule has 0 heterocycles. The molecular weight excluding hydrogens is 404 g/mol. The number of carbonyl (C=O) groups is 2. The first-order chi connectivity index (χ1) is 14.0. The largest absolute Gasteiger partial charge is 0.326 e. The minimum atomic E-state index is -0.105. The molecule has 2 amide bonds. The van der Waals surface area contributed by atoms with Crippen molar-refractivity contribution in [3.05, 3.63) is 88.9 Å². The molecule has 0 bridgehead atoms. The lowest BCUT2D eigenvalue weighted by Crippen LogP contribution is -2.15. The normalized spacial score (nSPS) is 10.4. The lowest BCUT2D eigenvalue weighted by Gasteiger charge is -2.08. The zero-order valence-corrected chi connectivity index (χ0v) is 17.5. The number of hydrogen-bond acceptors (Lipinski definition) is 3. The summed E-state index contributed by atoms with van der Waals surface area (Å²) in [7, 11) is 0. The van der Waals surface area contributed by atoms with E-state index in [0.29, 0.717) is 10.7 Å². The minimum absolute atomic E-state index is 0.0715.